The van der Waals surface area contributed by atoms with Crippen molar-refractivity contribution >= 4 is 17.5 Å². The molecule has 0 radical (unpaired) electrons. The minimum absolute atomic E-state index is 0.197. The number of nitrogens with one attached hydrogen (secondary N) is 2. The van der Waals surface area contributed by atoms with E-state index in [0.717, 1.165) is 18.8 Å². The topological polar surface area (TPSA) is 89.1 Å². The van der Waals surface area contributed by atoms with Gasteiger partial charge in [0.05, 0.1) is 26.9 Å². The van der Waals surface area contributed by atoms with Crippen molar-refractivity contribution in [2.24, 2.45) is 0 Å². The maximum Gasteiger partial charge on any atom is 0.273 e. The van der Waals surface area contributed by atoms with Crippen LogP contribution in [0.2, 0.25) is 0 Å². The van der Waals surface area contributed by atoms with Crippen LogP contribution in [-0.2, 0) is 0 Å². The number of rotatable bonds is 8. The van der Waals surface area contributed by atoms with Crippen molar-refractivity contribution in [3.05, 3.63) is 47.5 Å². The average molecular weight is 401 g/mol. The van der Waals surface area contributed by atoms with E-state index in [1.807, 2.05) is 12.1 Å². The molecule has 0 bridgehead atoms. The molecule has 0 heterocycles. The van der Waals surface area contributed by atoms with Crippen LogP contribution < -0.4 is 30.0 Å². The molecule has 8 heteroatoms. The lowest BCUT2D eigenvalue weighted by molar-refractivity contribution is 0.0844. The highest BCUT2D eigenvalue weighted by Crippen LogP contribution is 2.39. The van der Waals surface area contributed by atoms with Crippen LogP contribution in [-0.4, -0.2) is 46.2 Å². The monoisotopic (exact) mass is 401 g/mol. The van der Waals surface area contributed by atoms with E-state index in [2.05, 4.69) is 29.6 Å². The van der Waals surface area contributed by atoms with Crippen LogP contribution in [0.1, 0.15) is 34.6 Å². The lowest BCUT2D eigenvalue weighted by atomic mass is 10.1. The van der Waals surface area contributed by atoms with Crippen LogP contribution in [0.3, 0.4) is 0 Å². The third-order valence-corrected chi connectivity index (χ3v) is 4.50. The minimum Gasteiger partial charge on any atom is -0.493 e. The SMILES string of the molecule is CCN(CC)c1ccc(C(=O)NNC(=O)c2ccc(OC)c(OC)c2OC)cc1. The zero-order chi connectivity index (χ0) is 21.4. The van der Waals surface area contributed by atoms with Crippen molar-refractivity contribution in [2.45, 2.75) is 13.8 Å². The van der Waals surface area contributed by atoms with Crippen molar-refractivity contribution in [1.29, 1.82) is 0 Å². The summed E-state index contributed by atoms with van der Waals surface area (Å²) >= 11 is 0. The number of amides is 2. The van der Waals surface area contributed by atoms with Gasteiger partial charge in [-0.15, -0.1) is 0 Å². The molecule has 0 atom stereocenters. The molecule has 0 saturated carbocycles. The fourth-order valence-electron chi connectivity index (χ4n) is 2.95. The molecule has 2 rings (SSSR count). The fourth-order valence-corrected chi connectivity index (χ4v) is 2.95. The summed E-state index contributed by atoms with van der Waals surface area (Å²) in [5.74, 6) is -0.0406. The van der Waals surface area contributed by atoms with Gasteiger partial charge in [-0.05, 0) is 50.2 Å². The molecule has 29 heavy (non-hydrogen) atoms. The number of methoxy groups -OCH3 is 3. The Balaban J connectivity index is 2.10. The molecule has 2 aromatic rings. The maximum atomic E-state index is 12.5. The van der Waals surface area contributed by atoms with E-state index < -0.39 is 11.8 Å². The number of carbonyl (C=O) groups excluding carboxylic acids is 2. The minimum atomic E-state index is -0.545. The average Bonchev–Trinajstić information content (AvgIpc) is 2.77. The molecule has 2 aromatic carbocycles. The smallest absolute Gasteiger partial charge is 0.273 e. The van der Waals surface area contributed by atoms with Crippen LogP contribution in [0.15, 0.2) is 36.4 Å². The molecule has 0 fully saturated rings. The molecule has 156 valence electrons. The first-order valence-corrected chi connectivity index (χ1v) is 9.25. The Hall–Kier alpha value is -3.42. The standard InChI is InChI=1S/C21H27N3O5/c1-6-24(7-2)15-10-8-14(9-11-15)20(25)22-23-21(26)16-12-13-17(27-3)19(29-5)18(16)28-4/h8-13H,6-7H2,1-5H3,(H,22,25)(H,23,26). The summed E-state index contributed by atoms with van der Waals surface area (Å²) in [6, 6.07) is 10.3. The number of hydrogen-bond acceptors (Lipinski definition) is 6. The number of carbonyl (C=O) groups is 2. The molecule has 0 aromatic heterocycles. The largest absolute Gasteiger partial charge is 0.493 e. The number of hydrogen-bond donors (Lipinski definition) is 2. The zero-order valence-electron chi connectivity index (χ0n) is 17.4. The molecule has 0 aliphatic heterocycles. The predicted octanol–water partition coefficient (Wildman–Crippen LogP) is 2.63. The van der Waals surface area contributed by atoms with Crippen molar-refractivity contribution < 1.29 is 23.8 Å². The summed E-state index contributed by atoms with van der Waals surface area (Å²) in [6.45, 7) is 5.90. The summed E-state index contributed by atoms with van der Waals surface area (Å²) in [6.07, 6.45) is 0. The zero-order valence-corrected chi connectivity index (χ0v) is 17.4. The van der Waals surface area contributed by atoms with Crippen molar-refractivity contribution in [3.8, 4) is 17.2 Å². The predicted molar refractivity (Wildman–Crippen MR) is 111 cm³/mol. The van der Waals surface area contributed by atoms with E-state index in [9.17, 15) is 9.59 Å². The first-order chi connectivity index (χ1) is 14.0. The van der Waals surface area contributed by atoms with Gasteiger partial charge in [0.1, 0.15) is 0 Å². The van der Waals surface area contributed by atoms with Gasteiger partial charge in [0.15, 0.2) is 11.5 Å². The first kappa shape index (κ1) is 21.9. The second-order valence-electron chi connectivity index (χ2n) is 6.01. The van der Waals surface area contributed by atoms with Crippen molar-refractivity contribution in [2.75, 3.05) is 39.3 Å². The van der Waals surface area contributed by atoms with E-state index in [1.165, 1.54) is 27.4 Å². The van der Waals surface area contributed by atoms with Gasteiger partial charge in [-0.3, -0.25) is 20.4 Å². The maximum absolute atomic E-state index is 12.5. The molecule has 0 saturated heterocycles. The second-order valence-corrected chi connectivity index (χ2v) is 6.01. The summed E-state index contributed by atoms with van der Waals surface area (Å²) in [4.78, 5) is 27.1. The van der Waals surface area contributed by atoms with E-state index in [4.69, 9.17) is 14.2 Å². The molecular weight excluding hydrogens is 374 g/mol. The van der Waals surface area contributed by atoms with Gasteiger partial charge in [0.25, 0.3) is 11.8 Å². The Morgan fingerprint density at radius 2 is 1.38 bits per heavy atom. The number of benzene rings is 2. The van der Waals surface area contributed by atoms with Crippen LogP contribution in [0, 0.1) is 0 Å². The summed E-state index contributed by atoms with van der Waals surface area (Å²) < 4.78 is 15.8. The van der Waals surface area contributed by atoms with Gasteiger partial charge in [-0.25, -0.2) is 0 Å². The van der Waals surface area contributed by atoms with Gasteiger partial charge in [0, 0.05) is 24.3 Å². The first-order valence-electron chi connectivity index (χ1n) is 9.25. The Labute approximate surface area is 170 Å². The molecule has 2 amide bonds. The van der Waals surface area contributed by atoms with Crippen molar-refractivity contribution in [1.82, 2.24) is 10.9 Å². The highest BCUT2D eigenvalue weighted by atomic mass is 16.5. The highest BCUT2D eigenvalue weighted by Gasteiger charge is 2.21. The Kier molecular flexibility index (Phi) is 7.70. The molecule has 0 aliphatic rings. The van der Waals surface area contributed by atoms with Crippen molar-refractivity contribution in [3.63, 3.8) is 0 Å². The Morgan fingerprint density at radius 3 is 1.90 bits per heavy atom. The Bertz CT molecular complexity index is 848. The van der Waals surface area contributed by atoms with Gasteiger partial charge in [0.2, 0.25) is 5.75 Å². The summed E-state index contributed by atoms with van der Waals surface area (Å²) in [7, 11) is 4.36. The lowest BCUT2D eigenvalue weighted by Gasteiger charge is -2.21. The molecule has 0 spiro atoms. The van der Waals surface area contributed by atoms with Gasteiger partial charge in [-0.2, -0.15) is 0 Å². The summed E-state index contributed by atoms with van der Waals surface area (Å²) in [5.41, 5.74) is 6.47. The summed E-state index contributed by atoms with van der Waals surface area (Å²) in [5, 5.41) is 0. The highest BCUT2D eigenvalue weighted by molar-refractivity contribution is 6.01. The number of anilines is 1. The van der Waals surface area contributed by atoms with Gasteiger partial charge >= 0.3 is 0 Å². The molecule has 2 N–H and O–H groups in total. The van der Waals surface area contributed by atoms with E-state index >= 15 is 0 Å². The van der Waals surface area contributed by atoms with Crippen LogP contribution in [0.4, 0.5) is 5.69 Å². The van der Waals surface area contributed by atoms with E-state index in [1.54, 1.807) is 18.2 Å². The third kappa shape index (κ3) is 4.90. The molecular formula is C21H27N3O5. The molecule has 0 unspecified atom stereocenters. The number of hydrazine groups is 1. The second kappa shape index (κ2) is 10.2. The number of nitrogens with zero attached hydrogens (tertiary/aromatic N) is 1. The molecule has 8 nitrogen and oxygen atoms in total. The lowest BCUT2D eigenvalue weighted by Crippen LogP contribution is -2.41. The van der Waals surface area contributed by atoms with Crippen LogP contribution >= 0.6 is 0 Å². The number of ether oxygens (including phenoxy) is 3. The third-order valence-electron chi connectivity index (χ3n) is 4.50. The molecule has 0 aliphatic carbocycles. The normalized spacial score (nSPS) is 10.1. The van der Waals surface area contributed by atoms with Gasteiger partial charge < -0.3 is 19.1 Å². The van der Waals surface area contributed by atoms with Gasteiger partial charge in [-0.1, -0.05) is 0 Å². The fraction of sp³-hybridized carbons (Fsp3) is 0.333. The Morgan fingerprint density at radius 1 is 0.793 bits per heavy atom. The van der Waals surface area contributed by atoms with E-state index in [-0.39, 0.29) is 11.3 Å². The quantitative estimate of drug-likeness (QED) is 0.661. The van der Waals surface area contributed by atoms with Crippen LogP contribution in [0.25, 0.3) is 0 Å². The van der Waals surface area contributed by atoms with E-state index in [0.29, 0.717) is 17.1 Å². The van der Waals surface area contributed by atoms with Crippen LogP contribution in [0.5, 0.6) is 17.2 Å².